The molecule has 0 aliphatic heterocycles. The molecule has 4 atom stereocenters. The molecule has 2 amide bonds. The minimum atomic E-state index is -0.832. The van der Waals surface area contributed by atoms with Crippen LogP contribution in [0.25, 0.3) is 0 Å². The van der Waals surface area contributed by atoms with Gasteiger partial charge in [0, 0.05) is 45.7 Å². The van der Waals surface area contributed by atoms with Crippen molar-refractivity contribution in [2.45, 2.75) is 79.4 Å². The fourth-order valence-corrected chi connectivity index (χ4v) is 4.72. The predicted octanol–water partition coefficient (Wildman–Crippen LogP) is 3.98. The molecule has 0 bridgehead atoms. The number of aliphatic hydroxyl groups is 1. The zero-order valence-corrected chi connectivity index (χ0v) is 27.4. The van der Waals surface area contributed by atoms with Crippen LogP contribution in [0.1, 0.15) is 66.4 Å². The van der Waals surface area contributed by atoms with Gasteiger partial charge in [-0.15, -0.1) is 12.4 Å². The first-order valence-electron chi connectivity index (χ1n) is 14.5. The Kier molecular flexibility index (Phi) is 18.2. The van der Waals surface area contributed by atoms with E-state index in [-0.39, 0.29) is 49.0 Å². The highest BCUT2D eigenvalue weighted by Crippen LogP contribution is 2.32. The lowest BCUT2D eigenvalue weighted by atomic mass is 9.80. The van der Waals surface area contributed by atoms with Crippen LogP contribution in [-0.4, -0.2) is 70.1 Å². The monoisotopic (exact) mass is 601 g/mol. The van der Waals surface area contributed by atoms with Gasteiger partial charge in [-0.2, -0.15) is 0 Å². The first-order chi connectivity index (χ1) is 18.8. The molecule has 41 heavy (non-hydrogen) atoms. The maximum atomic E-state index is 13.0. The number of methoxy groups -OCH3 is 2. The maximum absolute atomic E-state index is 13.0. The van der Waals surface area contributed by atoms with Crippen LogP contribution in [0.5, 0.6) is 11.5 Å². The van der Waals surface area contributed by atoms with Gasteiger partial charge in [-0.05, 0) is 68.6 Å². The van der Waals surface area contributed by atoms with Crippen LogP contribution in [0.15, 0.2) is 18.2 Å². The number of rotatable bonds is 19. The van der Waals surface area contributed by atoms with Gasteiger partial charge in [0.15, 0.2) is 11.5 Å². The van der Waals surface area contributed by atoms with E-state index in [1.807, 2.05) is 32.0 Å². The molecule has 0 aliphatic rings. The van der Waals surface area contributed by atoms with Crippen molar-refractivity contribution in [3.8, 4) is 11.5 Å². The lowest BCUT2D eigenvalue weighted by Crippen LogP contribution is -2.47. The molecule has 10 heteroatoms. The van der Waals surface area contributed by atoms with Crippen molar-refractivity contribution in [3.63, 3.8) is 0 Å². The van der Waals surface area contributed by atoms with Crippen molar-refractivity contribution < 1.29 is 28.9 Å². The first kappa shape index (κ1) is 38.9. The number of hydrogen-bond acceptors (Lipinski definition) is 7. The second-order valence-corrected chi connectivity index (χ2v) is 12.1. The van der Waals surface area contributed by atoms with E-state index < -0.39 is 23.5 Å². The predicted molar refractivity (Wildman–Crippen MR) is 167 cm³/mol. The molecule has 0 fully saturated rings. The number of halogens is 1. The molecule has 0 aromatic heterocycles. The fraction of sp³-hybridized carbons (Fsp3) is 0.742. The molecule has 5 N–H and O–H groups in total. The molecule has 0 unspecified atom stereocenters. The zero-order chi connectivity index (χ0) is 30.5. The number of nitrogens with one attached hydrogen (secondary N) is 2. The average Bonchev–Trinajstić information content (AvgIpc) is 2.91. The van der Waals surface area contributed by atoms with E-state index in [1.54, 1.807) is 35.1 Å². The molecule has 1 aromatic rings. The van der Waals surface area contributed by atoms with Gasteiger partial charge < -0.3 is 35.7 Å². The highest BCUT2D eigenvalue weighted by Gasteiger charge is 2.32. The van der Waals surface area contributed by atoms with E-state index in [4.69, 9.17) is 19.9 Å². The number of carbonyl (C=O) groups excluding carboxylic acids is 2. The molecule has 0 spiro atoms. The molecule has 0 radical (unpaired) electrons. The molecule has 1 rings (SSSR count). The van der Waals surface area contributed by atoms with Gasteiger partial charge in [0.05, 0.1) is 25.2 Å². The summed E-state index contributed by atoms with van der Waals surface area (Å²) in [6.45, 7) is 13.2. The summed E-state index contributed by atoms with van der Waals surface area (Å²) in [5.41, 5.74) is 6.92. The summed E-state index contributed by atoms with van der Waals surface area (Å²) in [6, 6.07) is 5.50. The van der Waals surface area contributed by atoms with Crippen LogP contribution in [0.4, 0.5) is 0 Å². The van der Waals surface area contributed by atoms with Crippen LogP contribution in [0.3, 0.4) is 0 Å². The van der Waals surface area contributed by atoms with Crippen LogP contribution in [0.2, 0.25) is 0 Å². The summed E-state index contributed by atoms with van der Waals surface area (Å²) in [7, 11) is 4.88. The Hall–Kier alpha value is -2.07. The lowest BCUT2D eigenvalue weighted by molar-refractivity contribution is -0.131. The summed E-state index contributed by atoms with van der Waals surface area (Å²) in [5, 5.41) is 16.6. The maximum Gasteiger partial charge on any atom is 0.227 e. The summed E-state index contributed by atoms with van der Waals surface area (Å²) < 4.78 is 16.5. The smallest absolute Gasteiger partial charge is 0.227 e. The second kappa shape index (κ2) is 19.2. The van der Waals surface area contributed by atoms with Crippen LogP contribution in [0, 0.1) is 29.1 Å². The van der Waals surface area contributed by atoms with Crippen LogP contribution < -0.4 is 25.8 Å². The van der Waals surface area contributed by atoms with Gasteiger partial charge in [-0.25, -0.2) is 0 Å². The zero-order valence-electron chi connectivity index (χ0n) is 26.6. The number of hydrogen-bond donors (Lipinski definition) is 4. The van der Waals surface area contributed by atoms with Crippen molar-refractivity contribution >= 4 is 24.2 Å². The van der Waals surface area contributed by atoms with Gasteiger partial charge in [0.2, 0.25) is 11.8 Å². The minimum Gasteiger partial charge on any atom is -0.493 e. The summed E-state index contributed by atoms with van der Waals surface area (Å²) in [6.07, 6.45) is 1.61. The molecule has 238 valence electrons. The normalized spacial score (nSPS) is 14.6. The Morgan fingerprint density at radius 3 is 2.22 bits per heavy atom. The molecule has 0 saturated heterocycles. The Bertz CT molecular complexity index is 912. The van der Waals surface area contributed by atoms with Gasteiger partial charge >= 0.3 is 0 Å². The molecule has 1 aromatic carbocycles. The third kappa shape index (κ3) is 13.2. The van der Waals surface area contributed by atoms with Crippen molar-refractivity contribution in [1.82, 2.24) is 10.6 Å². The Labute approximate surface area is 254 Å². The summed E-state index contributed by atoms with van der Waals surface area (Å²) in [4.78, 5) is 25.1. The number of amides is 2. The molecule has 0 saturated carbocycles. The quantitative estimate of drug-likeness (QED) is 0.176. The fourth-order valence-electron chi connectivity index (χ4n) is 4.72. The van der Waals surface area contributed by atoms with Gasteiger partial charge in [-0.1, -0.05) is 33.8 Å². The lowest BCUT2D eigenvalue weighted by Gasteiger charge is -2.31. The largest absolute Gasteiger partial charge is 0.493 e. The number of aliphatic hydroxyl groups excluding tert-OH is 1. The molecule has 0 heterocycles. The highest BCUT2D eigenvalue weighted by atomic mass is 35.5. The minimum absolute atomic E-state index is 0. The second-order valence-electron chi connectivity index (χ2n) is 12.1. The van der Waals surface area contributed by atoms with E-state index in [9.17, 15) is 14.7 Å². The summed E-state index contributed by atoms with van der Waals surface area (Å²) in [5.74, 6) is 1.22. The van der Waals surface area contributed by atoms with E-state index in [2.05, 4.69) is 24.5 Å². The molecular formula is C31H56ClN3O6. The molecule has 0 aliphatic carbocycles. The van der Waals surface area contributed by atoms with Crippen LogP contribution in [-0.2, 0) is 20.7 Å². The SMILES string of the molecule is CNC(=O)C(C)(C)CNC(=O)[C@@H](C[C@H](O)[C@@H](N)C[C@H](Cc1ccc(OC)c(OCCCOC)c1)C(C)C)C(C)C.Cl. The Morgan fingerprint density at radius 2 is 1.68 bits per heavy atom. The standard InChI is InChI=1S/C31H55N3O6.ClH/c1-20(2)23(15-22-11-12-27(39-9)28(16-22)40-14-10-13-38-8)17-25(32)26(35)18-24(21(3)4)29(36)34-19-31(5,6)30(37)33-7;/h11-12,16,20-21,23-26,35H,10,13-15,17-19,32H2,1-9H3,(H,33,37)(H,34,36);1H/t23-,24-,25-,26-;/m0./s1. The molecular weight excluding hydrogens is 546 g/mol. The van der Waals surface area contributed by atoms with Crippen molar-refractivity contribution in [1.29, 1.82) is 0 Å². The Balaban J connectivity index is 0.0000160. The van der Waals surface area contributed by atoms with Crippen LogP contribution >= 0.6 is 12.4 Å². The number of benzene rings is 1. The number of nitrogens with two attached hydrogens (primary N) is 1. The van der Waals surface area contributed by atoms with Gasteiger partial charge in [-0.3, -0.25) is 9.59 Å². The topological polar surface area (TPSA) is 132 Å². The molecule has 9 nitrogen and oxygen atoms in total. The third-order valence-corrected chi connectivity index (χ3v) is 7.67. The van der Waals surface area contributed by atoms with E-state index in [0.717, 1.165) is 18.4 Å². The Morgan fingerprint density at radius 1 is 1.02 bits per heavy atom. The highest BCUT2D eigenvalue weighted by molar-refractivity contribution is 5.85. The van der Waals surface area contributed by atoms with E-state index >= 15 is 0 Å². The van der Waals surface area contributed by atoms with Crippen molar-refractivity contribution in [2.75, 3.05) is 41.0 Å². The van der Waals surface area contributed by atoms with Gasteiger partial charge in [0.1, 0.15) is 0 Å². The van der Waals surface area contributed by atoms with Gasteiger partial charge in [0.25, 0.3) is 0 Å². The summed E-state index contributed by atoms with van der Waals surface area (Å²) >= 11 is 0. The number of ether oxygens (including phenoxy) is 3. The van der Waals surface area contributed by atoms with E-state index in [1.165, 1.54) is 0 Å². The first-order valence-corrected chi connectivity index (χ1v) is 14.5. The van der Waals surface area contributed by atoms with Crippen molar-refractivity contribution in [3.05, 3.63) is 23.8 Å². The van der Waals surface area contributed by atoms with E-state index in [0.29, 0.717) is 37.1 Å². The average molecular weight is 602 g/mol. The third-order valence-electron chi connectivity index (χ3n) is 7.67. The number of carbonyl (C=O) groups is 2. The van der Waals surface area contributed by atoms with Crippen molar-refractivity contribution in [2.24, 2.45) is 34.8 Å².